The molecule has 4 heterocycles. The molecule has 1 aliphatic rings. The Morgan fingerprint density at radius 3 is 2.77 bits per heavy atom. The Kier molecular flexibility index (Phi) is 5.55. The van der Waals surface area contributed by atoms with Crippen LogP contribution in [-0.2, 0) is 17.8 Å². The zero-order chi connectivity index (χ0) is 21.2. The zero-order valence-corrected chi connectivity index (χ0v) is 18.5. The van der Waals surface area contributed by atoms with Crippen molar-refractivity contribution in [3.05, 3.63) is 47.9 Å². The molecule has 1 aromatic carbocycles. The number of imidazole rings is 1. The summed E-state index contributed by atoms with van der Waals surface area (Å²) < 4.78 is 2.13. The summed E-state index contributed by atoms with van der Waals surface area (Å²) in [5, 5.41) is 1.14. The average Bonchev–Trinajstić information content (AvgIpc) is 3.43. The van der Waals surface area contributed by atoms with Gasteiger partial charge in [0.2, 0.25) is 5.91 Å². The predicted molar refractivity (Wildman–Crippen MR) is 125 cm³/mol. The lowest BCUT2D eigenvalue weighted by molar-refractivity contribution is -0.131. The van der Waals surface area contributed by atoms with Crippen molar-refractivity contribution in [2.24, 2.45) is 0 Å². The second kappa shape index (κ2) is 8.63. The van der Waals surface area contributed by atoms with Crippen molar-refractivity contribution in [1.82, 2.24) is 24.4 Å². The second-order valence-corrected chi connectivity index (χ2v) is 9.00. The van der Waals surface area contributed by atoms with Crippen LogP contribution in [0.1, 0.15) is 24.6 Å². The van der Waals surface area contributed by atoms with Crippen molar-refractivity contribution in [3.63, 3.8) is 0 Å². The predicted octanol–water partition coefficient (Wildman–Crippen LogP) is 3.73. The highest BCUT2D eigenvalue weighted by molar-refractivity contribution is 7.18. The van der Waals surface area contributed by atoms with Crippen LogP contribution in [0, 0.1) is 0 Å². The number of rotatable bonds is 6. The number of carbonyl (C=O) groups excluding carboxylic acids is 1. The molecule has 0 unspecified atom stereocenters. The molecule has 31 heavy (non-hydrogen) atoms. The number of aromatic nitrogens is 4. The number of thiophene rings is 1. The molecule has 0 spiro atoms. The van der Waals surface area contributed by atoms with Crippen molar-refractivity contribution >= 4 is 44.3 Å². The first kappa shape index (κ1) is 19.9. The summed E-state index contributed by atoms with van der Waals surface area (Å²) in [4.78, 5) is 32.8. The zero-order valence-electron chi connectivity index (χ0n) is 17.7. The third-order valence-electron chi connectivity index (χ3n) is 5.96. The van der Waals surface area contributed by atoms with Crippen LogP contribution < -0.4 is 4.90 Å². The van der Waals surface area contributed by atoms with E-state index >= 15 is 0 Å². The van der Waals surface area contributed by atoms with Gasteiger partial charge in [0.15, 0.2) is 0 Å². The third kappa shape index (κ3) is 3.99. The third-order valence-corrected chi connectivity index (χ3v) is 7.14. The molecule has 0 atom stereocenters. The largest absolute Gasteiger partial charge is 0.352 e. The minimum absolute atomic E-state index is 0.237. The van der Waals surface area contributed by atoms with E-state index in [0.29, 0.717) is 6.42 Å². The molecule has 0 bridgehead atoms. The van der Waals surface area contributed by atoms with E-state index in [9.17, 15) is 4.79 Å². The van der Waals surface area contributed by atoms with Gasteiger partial charge in [0.1, 0.15) is 17.0 Å². The number of nitrogens with zero attached hydrogens (tertiary/aromatic N) is 6. The molecule has 0 N–H and O–H groups in total. The van der Waals surface area contributed by atoms with Gasteiger partial charge in [0.25, 0.3) is 0 Å². The molecule has 7 nitrogen and oxygen atoms in total. The molecule has 4 aromatic rings. The van der Waals surface area contributed by atoms with Gasteiger partial charge >= 0.3 is 0 Å². The van der Waals surface area contributed by atoms with Crippen molar-refractivity contribution < 1.29 is 4.79 Å². The Hall–Kier alpha value is -3.00. The average molecular weight is 435 g/mol. The summed E-state index contributed by atoms with van der Waals surface area (Å²) in [6, 6.07) is 10.3. The van der Waals surface area contributed by atoms with Crippen LogP contribution in [0.25, 0.3) is 21.3 Å². The highest BCUT2D eigenvalue weighted by atomic mass is 32.1. The van der Waals surface area contributed by atoms with Gasteiger partial charge in [-0.05, 0) is 31.0 Å². The summed E-state index contributed by atoms with van der Waals surface area (Å²) in [5.74, 6) is 1.24. The molecule has 0 aliphatic carbocycles. The normalized spacial score (nSPS) is 14.6. The maximum absolute atomic E-state index is 12.7. The lowest BCUT2D eigenvalue weighted by Gasteiger charge is -2.35. The fourth-order valence-corrected chi connectivity index (χ4v) is 5.16. The second-order valence-electron chi connectivity index (χ2n) is 7.88. The molecule has 5 rings (SSSR count). The monoisotopic (exact) mass is 434 g/mol. The summed E-state index contributed by atoms with van der Waals surface area (Å²) >= 11 is 1.74. The summed E-state index contributed by atoms with van der Waals surface area (Å²) in [6.45, 7) is 6.06. The van der Waals surface area contributed by atoms with E-state index in [4.69, 9.17) is 0 Å². The van der Waals surface area contributed by atoms with Crippen LogP contribution in [-0.4, -0.2) is 56.5 Å². The maximum atomic E-state index is 12.7. The van der Waals surface area contributed by atoms with Crippen molar-refractivity contribution in [3.8, 4) is 0 Å². The molecule has 1 fully saturated rings. The quantitative estimate of drug-likeness (QED) is 0.463. The van der Waals surface area contributed by atoms with E-state index < -0.39 is 0 Å². The van der Waals surface area contributed by atoms with Gasteiger partial charge in [-0.1, -0.05) is 19.1 Å². The van der Waals surface area contributed by atoms with Crippen LogP contribution in [0.2, 0.25) is 0 Å². The number of amides is 1. The number of fused-ring (bicyclic) bond motifs is 2. The number of aryl methyl sites for hydroxylation is 2. The topological polar surface area (TPSA) is 67.2 Å². The van der Waals surface area contributed by atoms with Gasteiger partial charge in [-0.15, -0.1) is 11.3 Å². The number of benzene rings is 1. The molecule has 160 valence electrons. The Labute approximate surface area is 185 Å². The molecule has 8 heteroatoms. The summed E-state index contributed by atoms with van der Waals surface area (Å²) in [5.41, 5.74) is 2.12. The molecular formula is C23H26N6OS. The van der Waals surface area contributed by atoms with Gasteiger partial charge in [-0.2, -0.15) is 0 Å². The lowest BCUT2D eigenvalue weighted by Crippen LogP contribution is -2.49. The van der Waals surface area contributed by atoms with Gasteiger partial charge in [0.05, 0.1) is 22.7 Å². The van der Waals surface area contributed by atoms with Crippen LogP contribution in [0.4, 0.5) is 5.82 Å². The van der Waals surface area contributed by atoms with E-state index in [0.717, 1.165) is 72.6 Å². The van der Waals surface area contributed by atoms with Gasteiger partial charge in [-0.25, -0.2) is 15.0 Å². The van der Waals surface area contributed by atoms with Crippen molar-refractivity contribution in [2.45, 2.75) is 32.7 Å². The number of para-hydroxylation sites is 2. The maximum Gasteiger partial charge on any atom is 0.222 e. The van der Waals surface area contributed by atoms with Gasteiger partial charge in [-0.3, -0.25) is 4.79 Å². The first-order valence-corrected chi connectivity index (χ1v) is 11.7. The minimum Gasteiger partial charge on any atom is -0.352 e. The fourth-order valence-electron chi connectivity index (χ4n) is 4.23. The smallest absolute Gasteiger partial charge is 0.222 e. The first-order valence-electron chi connectivity index (χ1n) is 10.9. The van der Waals surface area contributed by atoms with E-state index in [1.165, 1.54) is 4.88 Å². The number of carbonyl (C=O) groups is 1. The fraction of sp³-hybridized carbons (Fsp3) is 0.391. The Morgan fingerprint density at radius 2 is 1.94 bits per heavy atom. The van der Waals surface area contributed by atoms with Crippen LogP contribution in [0.5, 0.6) is 0 Å². The van der Waals surface area contributed by atoms with E-state index in [1.54, 1.807) is 17.7 Å². The molecule has 1 aliphatic heterocycles. The summed E-state index contributed by atoms with van der Waals surface area (Å²) in [6.07, 6.45) is 5.92. The van der Waals surface area contributed by atoms with Crippen LogP contribution in [0.15, 0.2) is 43.0 Å². The number of piperazine rings is 1. The standard InChI is InChI=1S/C23H26N6OS/c1-2-17-14-18-22(24-15-25-23(18)31-17)28-12-10-27(11-13-28)21(30)8-5-9-29-16-26-19-6-3-4-7-20(19)29/h3-4,6-7,14-16H,2,5,8-13H2,1H3. The van der Waals surface area contributed by atoms with Gasteiger partial charge in [0, 0.05) is 44.0 Å². The van der Waals surface area contributed by atoms with Crippen LogP contribution in [0.3, 0.4) is 0 Å². The Balaban J connectivity index is 1.16. The van der Waals surface area contributed by atoms with Crippen molar-refractivity contribution in [2.75, 3.05) is 31.1 Å². The highest BCUT2D eigenvalue weighted by Crippen LogP contribution is 2.31. The summed E-state index contributed by atoms with van der Waals surface area (Å²) in [7, 11) is 0. The van der Waals surface area contributed by atoms with Gasteiger partial charge < -0.3 is 14.4 Å². The first-order chi connectivity index (χ1) is 15.2. The van der Waals surface area contributed by atoms with Crippen molar-refractivity contribution in [1.29, 1.82) is 0 Å². The van der Waals surface area contributed by atoms with E-state index in [1.807, 2.05) is 29.4 Å². The van der Waals surface area contributed by atoms with E-state index in [-0.39, 0.29) is 5.91 Å². The number of hydrogen-bond donors (Lipinski definition) is 0. The molecular weight excluding hydrogens is 408 g/mol. The number of anilines is 1. The SMILES string of the molecule is CCc1cc2c(N3CCN(C(=O)CCCn4cnc5ccccc54)CC3)ncnc2s1. The van der Waals surface area contributed by atoms with E-state index in [2.05, 4.69) is 43.5 Å². The Bertz CT molecular complexity index is 1210. The molecule has 3 aromatic heterocycles. The van der Waals surface area contributed by atoms with Crippen LogP contribution >= 0.6 is 11.3 Å². The molecule has 0 radical (unpaired) electrons. The molecule has 0 saturated carbocycles. The lowest BCUT2D eigenvalue weighted by atomic mass is 10.2. The molecule has 1 saturated heterocycles. The molecule has 1 amide bonds. The number of hydrogen-bond acceptors (Lipinski definition) is 6. The Morgan fingerprint density at radius 1 is 1.10 bits per heavy atom. The minimum atomic E-state index is 0.237. The highest BCUT2D eigenvalue weighted by Gasteiger charge is 2.23.